The molecule has 7 nitrogen and oxygen atoms in total. The Hall–Kier alpha value is -2.44. The van der Waals surface area contributed by atoms with Crippen molar-refractivity contribution in [3.05, 3.63) is 35.2 Å². The Kier molecular flexibility index (Phi) is 5.54. The van der Waals surface area contributed by atoms with Gasteiger partial charge in [-0.25, -0.2) is 0 Å². The maximum absolute atomic E-state index is 12.7. The minimum atomic E-state index is -0.159. The van der Waals surface area contributed by atoms with Crippen LogP contribution in [-0.4, -0.2) is 39.1 Å². The minimum absolute atomic E-state index is 0.0145. The molecule has 7 heteroatoms. The van der Waals surface area contributed by atoms with Gasteiger partial charge in [-0.3, -0.25) is 9.78 Å². The van der Waals surface area contributed by atoms with E-state index in [4.69, 9.17) is 9.26 Å². The number of amides is 1. The topological polar surface area (TPSA) is 81.4 Å². The van der Waals surface area contributed by atoms with E-state index in [0.717, 1.165) is 30.7 Å². The third-order valence-electron chi connectivity index (χ3n) is 4.59. The molecule has 0 aliphatic carbocycles. The van der Waals surface area contributed by atoms with E-state index >= 15 is 0 Å². The summed E-state index contributed by atoms with van der Waals surface area (Å²) in [5, 5.41) is 4.01. The fourth-order valence-electron chi connectivity index (χ4n) is 3.14. The van der Waals surface area contributed by atoms with E-state index in [2.05, 4.69) is 15.1 Å². The van der Waals surface area contributed by atoms with Crippen LogP contribution in [0.3, 0.4) is 0 Å². The highest BCUT2D eigenvalue weighted by Gasteiger charge is 2.34. The van der Waals surface area contributed by atoms with E-state index in [1.165, 1.54) is 0 Å². The smallest absolute Gasteiger partial charge is 0.261 e. The Labute approximate surface area is 153 Å². The lowest BCUT2D eigenvalue weighted by molar-refractivity contribution is -0.134. The van der Waals surface area contributed by atoms with Crippen LogP contribution in [-0.2, 0) is 11.2 Å². The van der Waals surface area contributed by atoms with Crippen LogP contribution in [0.25, 0.3) is 0 Å². The summed E-state index contributed by atoms with van der Waals surface area (Å²) < 4.78 is 11.2. The molecule has 1 saturated heterocycles. The summed E-state index contributed by atoms with van der Waals surface area (Å²) in [5.74, 6) is 1.99. The highest BCUT2D eigenvalue weighted by atomic mass is 16.5. The second-order valence-electron chi connectivity index (χ2n) is 6.93. The molecule has 0 radical (unpaired) electrons. The van der Waals surface area contributed by atoms with Gasteiger partial charge in [0, 0.05) is 18.2 Å². The molecule has 1 fully saturated rings. The number of hydrogen-bond donors (Lipinski definition) is 0. The second-order valence-corrected chi connectivity index (χ2v) is 6.93. The van der Waals surface area contributed by atoms with Crippen molar-refractivity contribution in [2.24, 2.45) is 0 Å². The van der Waals surface area contributed by atoms with E-state index in [9.17, 15) is 4.79 Å². The summed E-state index contributed by atoms with van der Waals surface area (Å²) in [5.41, 5.74) is 1.81. The highest BCUT2D eigenvalue weighted by Crippen LogP contribution is 2.31. The van der Waals surface area contributed by atoms with Crippen LogP contribution in [0.15, 0.2) is 16.7 Å². The van der Waals surface area contributed by atoms with E-state index in [1.54, 1.807) is 4.90 Å². The molecule has 2 aromatic rings. The number of nitrogens with zero attached hydrogens (tertiary/aromatic N) is 4. The summed E-state index contributed by atoms with van der Waals surface area (Å²) in [6, 6.07) is 3.61. The number of ether oxygens (including phenoxy) is 1. The molecule has 1 atom stereocenters. The van der Waals surface area contributed by atoms with Crippen molar-refractivity contribution in [3.8, 4) is 5.75 Å². The summed E-state index contributed by atoms with van der Waals surface area (Å²) in [6.07, 6.45) is 2.51. The first-order valence-corrected chi connectivity index (χ1v) is 9.21. The van der Waals surface area contributed by atoms with Gasteiger partial charge in [0.15, 0.2) is 12.4 Å². The van der Waals surface area contributed by atoms with Gasteiger partial charge in [-0.05, 0) is 38.3 Å². The SMILES string of the molecule is CCc1nc(C)ccc1OCC(=O)N1CCC[C@@H]1c1nc(C(C)C)no1. The number of carbonyl (C=O) groups is 1. The molecule has 1 aliphatic rings. The number of carbonyl (C=O) groups excluding carboxylic acids is 1. The number of aromatic nitrogens is 3. The third-order valence-corrected chi connectivity index (χ3v) is 4.59. The minimum Gasteiger partial charge on any atom is -0.482 e. The van der Waals surface area contributed by atoms with Crippen molar-refractivity contribution in [1.82, 2.24) is 20.0 Å². The van der Waals surface area contributed by atoms with Crippen molar-refractivity contribution in [2.75, 3.05) is 13.2 Å². The average molecular weight is 358 g/mol. The lowest BCUT2D eigenvalue weighted by Gasteiger charge is -2.22. The molecule has 1 aliphatic heterocycles. The maximum Gasteiger partial charge on any atom is 0.261 e. The number of rotatable bonds is 6. The van der Waals surface area contributed by atoms with Gasteiger partial charge < -0.3 is 14.2 Å². The number of likely N-dealkylation sites (tertiary alicyclic amines) is 1. The molecule has 0 saturated carbocycles. The molecular weight excluding hydrogens is 332 g/mol. The van der Waals surface area contributed by atoms with Gasteiger partial charge in [-0.1, -0.05) is 25.9 Å². The molecule has 0 aromatic carbocycles. The van der Waals surface area contributed by atoms with Crippen molar-refractivity contribution < 1.29 is 14.1 Å². The number of aryl methyl sites for hydroxylation is 2. The Morgan fingerprint density at radius 1 is 1.38 bits per heavy atom. The van der Waals surface area contributed by atoms with Gasteiger partial charge in [-0.2, -0.15) is 4.98 Å². The summed E-state index contributed by atoms with van der Waals surface area (Å²) in [4.78, 5) is 23.4. The zero-order valence-corrected chi connectivity index (χ0v) is 15.9. The van der Waals surface area contributed by atoms with Crippen LogP contribution in [0.2, 0.25) is 0 Å². The van der Waals surface area contributed by atoms with E-state index in [1.807, 2.05) is 39.8 Å². The zero-order valence-electron chi connectivity index (χ0n) is 15.9. The Morgan fingerprint density at radius 3 is 2.88 bits per heavy atom. The molecular formula is C19H26N4O3. The molecule has 0 N–H and O–H groups in total. The van der Waals surface area contributed by atoms with Crippen LogP contribution in [0.4, 0.5) is 0 Å². The molecule has 3 heterocycles. The molecule has 2 aromatic heterocycles. The summed E-state index contributed by atoms with van der Waals surface area (Å²) >= 11 is 0. The highest BCUT2D eigenvalue weighted by molar-refractivity contribution is 5.78. The molecule has 0 bridgehead atoms. The van der Waals surface area contributed by atoms with Crippen LogP contribution in [0.1, 0.15) is 68.7 Å². The van der Waals surface area contributed by atoms with E-state index in [0.29, 0.717) is 24.0 Å². The van der Waals surface area contributed by atoms with Crippen LogP contribution >= 0.6 is 0 Å². The number of hydrogen-bond acceptors (Lipinski definition) is 6. The van der Waals surface area contributed by atoms with Gasteiger partial charge in [0.25, 0.3) is 5.91 Å². The van der Waals surface area contributed by atoms with E-state index in [-0.39, 0.29) is 24.5 Å². The first-order chi connectivity index (χ1) is 12.5. The van der Waals surface area contributed by atoms with Crippen molar-refractivity contribution >= 4 is 5.91 Å². The lowest BCUT2D eigenvalue weighted by atomic mass is 10.2. The van der Waals surface area contributed by atoms with Gasteiger partial charge in [0.2, 0.25) is 5.89 Å². The molecule has 140 valence electrons. The second kappa shape index (κ2) is 7.85. The quantitative estimate of drug-likeness (QED) is 0.789. The fraction of sp³-hybridized carbons (Fsp3) is 0.579. The Balaban J connectivity index is 1.67. The van der Waals surface area contributed by atoms with Crippen molar-refractivity contribution in [1.29, 1.82) is 0 Å². The van der Waals surface area contributed by atoms with Crippen LogP contribution in [0, 0.1) is 6.92 Å². The summed E-state index contributed by atoms with van der Waals surface area (Å²) in [6.45, 7) is 8.66. The first kappa shape index (κ1) is 18.4. The van der Waals surface area contributed by atoms with Gasteiger partial charge in [0.1, 0.15) is 11.8 Å². The van der Waals surface area contributed by atoms with Gasteiger partial charge in [0.05, 0.1) is 5.69 Å². The van der Waals surface area contributed by atoms with Crippen LogP contribution < -0.4 is 4.74 Å². The predicted octanol–water partition coefficient (Wildman–Crippen LogP) is 3.20. The molecule has 0 spiro atoms. The Morgan fingerprint density at radius 2 is 2.19 bits per heavy atom. The monoisotopic (exact) mass is 358 g/mol. The third kappa shape index (κ3) is 3.86. The Bertz CT molecular complexity index is 772. The average Bonchev–Trinajstić information content (AvgIpc) is 3.29. The maximum atomic E-state index is 12.7. The normalized spacial score (nSPS) is 17.1. The number of pyridine rings is 1. The zero-order chi connectivity index (χ0) is 18.7. The van der Waals surface area contributed by atoms with Crippen molar-refractivity contribution in [2.45, 2.75) is 58.9 Å². The van der Waals surface area contributed by atoms with Gasteiger partial charge in [-0.15, -0.1) is 0 Å². The van der Waals surface area contributed by atoms with Gasteiger partial charge >= 0.3 is 0 Å². The predicted molar refractivity (Wildman–Crippen MR) is 95.9 cm³/mol. The fourth-order valence-corrected chi connectivity index (χ4v) is 3.14. The summed E-state index contributed by atoms with van der Waals surface area (Å²) in [7, 11) is 0. The lowest BCUT2D eigenvalue weighted by Crippen LogP contribution is -2.34. The first-order valence-electron chi connectivity index (χ1n) is 9.21. The molecule has 26 heavy (non-hydrogen) atoms. The largest absolute Gasteiger partial charge is 0.482 e. The molecule has 1 amide bonds. The standard InChI is InChI=1S/C19H26N4O3/c1-5-14-16(9-8-13(4)20-14)25-11-17(24)23-10-6-7-15(23)19-21-18(12(2)3)22-26-19/h8-9,12,15H,5-7,10-11H2,1-4H3/t15-/m1/s1. The van der Waals surface area contributed by atoms with E-state index < -0.39 is 0 Å². The molecule has 0 unspecified atom stereocenters. The van der Waals surface area contributed by atoms with Crippen molar-refractivity contribution in [3.63, 3.8) is 0 Å². The van der Waals surface area contributed by atoms with Crippen LogP contribution in [0.5, 0.6) is 5.75 Å². The molecule has 3 rings (SSSR count).